The van der Waals surface area contributed by atoms with Crippen LogP contribution in [0.3, 0.4) is 0 Å². The van der Waals surface area contributed by atoms with E-state index in [-0.39, 0.29) is 23.5 Å². The highest BCUT2D eigenvalue weighted by atomic mass is 32.2. The number of hydrogen-bond donors (Lipinski definition) is 2. The van der Waals surface area contributed by atoms with Gasteiger partial charge in [-0.1, -0.05) is 0 Å². The Hall–Kier alpha value is -0.790. The average molecular weight is 251 g/mol. The summed E-state index contributed by atoms with van der Waals surface area (Å²) in [6.45, 7) is 1.75. The molecule has 1 unspecified atom stereocenters. The maximum atomic E-state index is 11.3. The molecule has 7 heteroatoms. The van der Waals surface area contributed by atoms with Crippen molar-refractivity contribution in [2.45, 2.75) is 19.3 Å². The highest BCUT2D eigenvalue weighted by Crippen LogP contribution is 2.01. The van der Waals surface area contributed by atoms with Crippen LogP contribution in [0.2, 0.25) is 0 Å². The van der Waals surface area contributed by atoms with Crippen LogP contribution in [0.25, 0.3) is 0 Å². The van der Waals surface area contributed by atoms with Gasteiger partial charge in [0.25, 0.3) is 0 Å². The van der Waals surface area contributed by atoms with E-state index in [1.54, 1.807) is 6.92 Å². The number of amides is 1. The summed E-state index contributed by atoms with van der Waals surface area (Å²) >= 11 is 1.05. The lowest BCUT2D eigenvalue weighted by Gasteiger charge is -2.21. The topological polar surface area (TPSA) is 84.9 Å². The van der Waals surface area contributed by atoms with Crippen molar-refractivity contribution in [1.82, 2.24) is 5.32 Å². The van der Waals surface area contributed by atoms with Gasteiger partial charge in [0, 0.05) is 14.2 Å². The molecule has 0 fully saturated rings. The summed E-state index contributed by atoms with van der Waals surface area (Å²) in [6, 6.07) is -0.284. The maximum Gasteiger partial charge on any atom is 0.313 e. The number of carboxylic acids is 1. The molecule has 0 saturated carbocycles. The van der Waals surface area contributed by atoms with Crippen LogP contribution in [-0.4, -0.2) is 55.0 Å². The smallest absolute Gasteiger partial charge is 0.313 e. The number of hydrogen-bond acceptors (Lipinski definition) is 5. The van der Waals surface area contributed by atoms with Crippen LogP contribution < -0.4 is 5.32 Å². The first-order chi connectivity index (χ1) is 7.51. The second-order valence-corrected chi connectivity index (χ2v) is 4.07. The molecule has 6 nitrogen and oxygen atoms in total. The van der Waals surface area contributed by atoms with E-state index in [9.17, 15) is 9.59 Å². The number of methoxy groups -OCH3 is 2. The first-order valence-electron chi connectivity index (χ1n) is 4.65. The zero-order valence-corrected chi connectivity index (χ0v) is 10.4. The fourth-order valence-corrected chi connectivity index (χ4v) is 1.64. The molecule has 0 radical (unpaired) electrons. The minimum absolute atomic E-state index is 0.0835. The van der Waals surface area contributed by atoms with Gasteiger partial charge < -0.3 is 19.9 Å². The minimum atomic E-state index is -0.933. The zero-order chi connectivity index (χ0) is 12.6. The third-order valence-electron chi connectivity index (χ3n) is 1.72. The Morgan fingerprint density at radius 1 is 1.31 bits per heavy atom. The van der Waals surface area contributed by atoms with Gasteiger partial charge in [-0.25, -0.2) is 0 Å². The van der Waals surface area contributed by atoms with E-state index in [0.717, 1.165) is 11.8 Å². The second kappa shape index (κ2) is 8.37. The van der Waals surface area contributed by atoms with Crippen LogP contribution in [0, 0.1) is 0 Å². The van der Waals surface area contributed by atoms with Crippen molar-refractivity contribution in [1.29, 1.82) is 0 Å². The highest BCUT2D eigenvalue weighted by Gasteiger charge is 2.17. The minimum Gasteiger partial charge on any atom is -0.481 e. The predicted octanol–water partition coefficient (Wildman–Crippen LogP) is -0.0722. The number of ether oxygens (including phenoxy) is 2. The molecule has 0 aromatic carbocycles. The Morgan fingerprint density at radius 2 is 1.88 bits per heavy atom. The average Bonchev–Trinajstić information content (AvgIpc) is 2.18. The Kier molecular flexibility index (Phi) is 7.96. The van der Waals surface area contributed by atoms with Crippen LogP contribution in [0.1, 0.15) is 6.92 Å². The van der Waals surface area contributed by atoms with Crippen molar-refractivity contribution in [2.75, 3.05) is 25.7 Å². The molecular formula is C9H17NO5S. The molecule has 0 rings (SSSR count). The normalized spacial score (nSPS) is 12.5. The molecule has 16 heavy (non-hydrogen) atoms. The summed E-state index contributed by atoms with van der Waals surface area (Å²) in [4.78, 5) is 21.5. The Labute approximate surface area is 98.7 Å². The number of nitrogens with one attached hydrogen (secondary N) is 1. The monoisotopic (exact) mass is 251 g/mol. The summed E-state index contributed by atoms with van der Waals surface area (Å²) in [6.07, 6.45) is -0.506. The van der Waals surface area contributed by atoms with Crippen LogP contribution in [-0.2, 0) is 19.1 Å². The number of thioether (sulfide) groups is 1. The van der Waals surface area contributed by atoms with Gasteiger partial charge in [-0.3, -0.25) is 9.59 Å². The number of carbonyl (C=O) groups is 2. The number of carbonyl (C=O) groups excluding carboxylic acids is 1. The maximum absolute atomic E-state index is 11.3. The summed E-state index contributed by atoms with van der Waals surface area (Å²) in [5.41, 5.74) is 0. The zero-order valence-electron chi connectivity index (χ0n) is 9.56. The Balaban J connectivity index is 3.81. The van der Waals surface area contributed by atoms with Gasteiger partial charge in [-0.2, -0.15) is 0 Å². The first-order valence-corrected chi connectivity index (χ1v) is 5.81. The molecule has 1 atom stereocenters. The first kappa shape index (κ1) is 15.2. The quantitative estimate of drug-likeness (QED) is 0.587. The SMILES string of the molecule is COC(OC)C(C)NC(=O)CSCC(=O)O. The largest absolute Gasteiger partial charge is 0.481 e. The van der Waals surface area contributed by atoms with Gasteiger partial charge >= 0.3 is 5.97 Å². The van der Waals surface area contributed by atoms with E-state index < -0.39 is 12.3 Å². The van der Waals surface area contributed by atoms with Gasteiger partial charge in [0.2, 0.25) is 5.91 Å². The molecular weight excluding hydrogens is 234 g/mol. The van der Waals surface area contributed by atoms with Gasteiger partial charge in [0.1, 0.15) is 0 Å². The van der Waals surface area contributed by atoms with Crippen molar-refractivity contribution < 1.29 is 24.2 Å². The lowest BCUT2D eigenvalue weighted by molar-refractivity contribution is -0.134. The Morgan fingerprint density at radius 3 is 2.31 bits per heavy atom. The van der Waals surface area contributed by atoms with E-state index in [4.69, 9.17) is 14.6 Å². The van der Waals surface area contributed by atoms with Crippen molar-refractivity contribution >= 4 is 23.6 Å². The molecule has 0 aliphatic carbocycles. The number of carboxylic acid groups (broad SMARTS) is 1. The fourth-order valence-electron chi connectivity index (χ4n) is 1.10. The third-order valence-corrected chi connectivity index (χ3v) is 2.64. The molecule has 1 amide bonds. The van der Waals surface area contributed by atoms with E-state index >= 15 is 0 Å². The summed E-state index contributed by atoms with van der Waals surface area (Å²) in [5, 5.41) is 11.0. The number of aliphatic carboxylic acids is 1. The fraction of sp³-hybridized carbons (Fsp3) is 0.778. The lowest BCUT2D eigenvalue weighted by atomic mass is 10.3. The van der Waals surface area contributed by atoms with E-state index in [2.05, 4.69) is 5.32 Å². The van der Waals surface area contributed by atoms with Gasteiger partial charge in [-0.15, -0.1) is 11.8 Å². The number of rotatable bonds is 8. The van der Waals surface area contributed by atoms with Crippen molar-refractivity contribution in [2.24, 2.45) is 0 Å². The summed E-state index contributed by atoms with van der Waals surface area (Å²) < 4.78 is 9.93. The molecule has 0 heterocycles. The second-order valence-electron chi connectivity index (χ2n) is 3.08. The third kappa shape index (κ3) is 6.65. The van der Waals surface area contributed by atoms with E-state index in [1.165, 1.54) is 14.2 Å². The van der Waals surface area contributed by atoms with Crippen LogP contribution >= 0.6 is 11.8 Å². The van der Waals surface area contributed by atoms with Crippen molar-refractivity contribution in [3.63, 3.8) is 0 Å². The van der Waals surface area contributed by atoms with Gasteiger partial charge in [-0.05, 0) is 6.92 Å². The van der Waals surface area contributed by atoms with Gasteiger partial charge in [0.05, 0.1) is 17.5 Å². The Bertz CT molecular complexity index is 232. The summed E-state index contributed by atoms with van der Waals surface area (Å²) in [7, 11) is 2.96. The van der Waals surface area contributed by atoms with Crippen LogP contribution in [0.4, 0.5) is 0 Å². The molecule has 0 aliphatic rings. The van der Waals surface area contributed by atoms with Crippen molar-refractivity contribution in [3.8, 4) is 0 Å². The molecule has 0 aliphatic heterocycles. The molecule has 0 aromatic heterocycles. The van der Waals surface area contributed by atoms with Crippen LogP contribution in [0.5, 0.6) is 0 Å². The van der Waals surface area contributed by atoms with Crippen LogP contribution in [0.15, 0.2) is 0 Å². The summed E-state index contributed by atoms with van der Waals surface area (Å²) in [5.74, 6) is -1.15. The highest BCUT2D eigenvalue weighted by molar-refractivity contribution is 8.00. The molecule has 0 spiro atoms. The predicted molar refractivity (Wildman–Crippen MR) is 60.4 cm³/mol. The molecule has 2 N–H and O–H groups in total. The van der Waals surface area contributed by atoms with E-state index in [0.29, 0.717) is 0 Å². The molecule has 94 valence electrons. The molecule has 0 bridgehead atoms. The standard InChI is InChI=1S/C9H17NO5S/c1-6(9(14-2)15-3)10-7(11)4-16-5-8(12)13/h6,9H,4-5H2,1-3H3,(H,10,11)(H,12,13). The molecule has 0 aromatic rings. The van der Waals surface area contributed by atoms with Gasteiger partial charge in [0.15, 0.2) is 6.29 Å². The van der Waals surface area contributed by atoms with E-state index in [1.807, 2.05) is 0 Å². The lowest BCUT2D eigenvalue weighted by Crippen LogP contribution is -2.43. The molecule has 0 saturated heterocycles. The van der Waals surface area contributed by atoms with Crippen molar-refractivity contribution in [3.05, 3.63) is 0 Å².